The zero-order chi connectivity index (χ0) is 14.3. The number of fused-ring (bicyclic) bond motifs is 1. The van der Waals surface area contributed by atoms with Gasteiger partial charge in [0.15, 0.2) is 17.1 Å². The molecule has 0 bridgehead atoms. The van der Waals surface area contributed by atoms with Gasteiger partial charge in [0.1, 0.15) is 11.3 Å². The van der Waals surface area contributed by atoms with Crippen molar-refractivity contribution in [3.05, 3.63) is 36.5 Å². The molecule has 5 nitrogen and oxygen atoms in total. The van der Waals surface area contributed by atoms with Crippen LogP contribution in [-0.4, -0.2) is 24.7 Å². The van der Waals surface area contributed by atoms with Crippen LogP contribution >= 0.6 is 0 Å². The van der Waals surface area contributed by atoms with E-state index in [9.17, 15) is 10.2 Å². The molecule has 0 atom stereocenters. The number of aromatic nitrogens is 3. The predicted molar refractivity (Wildman–Crippen MR) is 76.7 cm³/mol. The van der Waals surface area contributed by atoms with Crippen LogP contribution in [0.25, 0.3) is 22.6 Å². The zero-order valence-corrected chi connectivity index (χ0v) is 11.3. The van der Waals surface area contributed by atoms with Crippen LogP contribution in [0.5, 0.6) is 11.5 Å². The van der Waals surface area contributed by atoms with E-state index in [4.69, 9.17) is 0 Å². The standard InChI is InChI=1S/C15H15N3O2/c1-9(2)18-14(10-5-6-12(19)13(20)8-10)17-11-4-3-7-16-15(11)18/h3-9,19-20H,1-2H3. The molecule has 2 N–H and O–H groups in total. The van der Waals surface area contributed by atoms with Crippen molar-refractivity contribution in [3.8, 4) is 22.9 Å². The monoisotopic (exact) mass is 269 g/mol. The minimum atomic E-state index is -0.155. The van der Waals surface area contributed by atoms with Gasteiger partial charge in [0, 0.05) is 17.8 Å². The van der Waals surface area contributed by atoms with Gasteiger partial charge < -0.3 is 14.8 Å². The molecule has 2 aromatic heterocycles. The Morgan fingerprint density at radius 1 is 1.10 bits per heavy atom. The minimum absolute atomic E-state index is 0.140. The van der Waals surface area contributed by atoms with E-state index < -0.39 is 0 Å². The van der Waals surface area contributed by atoms with Crippen LogP contribution in [0.4, 0.5) is 0 Å². The molecule has 0 unspecified atom stereocenters. The van der Waals surface area contributed by atoms with Crippen molar-refractivity contribution in [3.63, 3.8) is 0 Å². The van der Waals surface area contributed by atoms with Gasteiger partial charge in [0.05, 0.1) is 0 Å². The summed E-state index contributed by atoms with van der Waals surface area (Å²) in [5.74, 6) is 0.431. The van der Waals surface area contributed by atoms with Crippen molar-refractivity contribution in [1.29, 1.82) is 0 Å². The van der Waals surface area contributed by atoms with Crippen LogP contribution in [0, 0.1) is 0 Å². The summed E-state index contributed by atoms with van der Waals surface area (Å²) in [6.45, 7) is 4.11. The zero-order valence-electron chi connectivity index (χ0n) is 11.3. The van der Waals surface area contributed by atoms with E-state index in [1.165, 1.54) is 12.1 Å². The van der Waals surface area contributed by atoms with Crippen molar-refractivity contribution in [2.75, 3.05) is 0 Å². The highest BCUT2D eigenvalue weighted by molar-refractivity contribution is 5.77. The highest BCUT2D eigenvalue weighted by Crippen LogP contribution is 2.32. The third-order valence-corrected chi connectivity index (χ3v) is 3.20. The van der Waals surface area contributed by atoms with Crippen LogP contribution in [-0.2, 0) is 0 Å². The number of hydrogen-bond acceptors (Lipinski definition) is 4. The van der Waals surface area contributed by atoms with Gasteiger partial charge in [-0.2, -0.15) is 0 Å². The van der Waals surface area contributed by atoms with Gasteiger partial charge in [-0.1, -0.05) is 0 Å². The summed E-state index contributed by atoms with van der Waals surface area (Å²) in [7, 11) is 0. The van der Waals surface area contributed by atoms with Crippen molar-refractivity contribution >= 4 is 11.2 Å². The van der Waals surface area contributed by atoms with E-state index >= 15 is 0 Å². The van der Waals surface area contributed by atoms with E-state index in [2.05, 4.69) is 23.8 Å². The van der Waals surface area contributed by atoms with Crippen LogP contribution in [0.15, 0.2) is 36.5 Å². The van der Waals surface area contributed by atoms with Gasteiger partial charge in [-0.25, -0.2) is 9.97 Å². The number of aromatic hydroxyl groups is 2. The van der Waals surface area contributed by atoms with Gasteiger partial charge in [-0.3, -0.25) is 0 Å². The fraction of sp³-hybridized carbons (Fsp3) is 0.200. The number of benzene rings is 1. The first kappa shape index (κ1) is 12.5. The van der Waals surface area contributed by atoms with Gasteiger partial charge >= 0.3 is 0 Å². The molecule has 0 aliphatic carbocycles. The smallest absolute Gasteiger partial charge is 0.160 e. The maximum Gasteiger partial charge on any atom is 0.160 e. The fourth-order valence-corrected chi connectivity index (χ4v) is 2.28. The summed E-state index contributed by atoms with van der Waals surface area (Å²) in [6, 6.07) is 8.64. The topological polar surface area (TPSA) is 71.2 Å². The molecule has 3 rings (SSSR count). The Hall–Kier alpha value is -2.56. The molecule has 0 amide bonds. The summed E-state index contributed by atoms with van der Waals surface area (Å²) in [5.41, 5.74) is 2.36. The lowest BCUT2D eigenvalue weighted by atomic mass is 10.2. The summed E-state index contributed by atoms with van der Waals surface area (Å²) in [5, 5.41) is 19.1. The minimum Gasteiger partial charge on any atom is -0.504 e. The quantitative estimate of drug-likeness (QED) is 0.701. The lowest BCUT2D eigenvalue weighted by molar-refractivity contribution is 0.404. The Morgan fingerprint density at radius 2 is 1.90 bits per heavy atom. The van der Waals surface area contributed by atoms with E-state index in [1.807, 2.05) is 16.7 Å². The fourth-order valence-electron chi connectivity index (χ4n) is 2.28. The molecule has 0 aliphatic heterocycles. The average Bonchev–Trinajstić information content (AvgIpc) is 2.81. The van der Waals surface area contributed by atoms with Crippen LogP contribution < -0.4 is 0 Å². The lowest BCUT2D eigenvalue weighted by Crippen LogP contribution is -2.03. The summed E-state index contributed by atoms with van der Waals surface area (Å²) < 4.78 is 2.02. The molecule has 20 heavy (non-hydrogen) atoms. The Balaban J connectivity index is 2.29. The molecule has 0 saturated heterocycles. The number of pyridine rings is 1. The first-order valence-corrected chi connectivity index (χ1v) is 6.43. The highest BCUT2D eigenvalue weighted by Gasteiger charge is 2.16. The Morgan fingerprint density at radius 3 is 2.60 bits per heavy atom. The van der Waals surface area contributed by atoms with Gasteiger partial charge in [-0.05, 0) is 44.2 Å². The largest absolute Gasteiger partial charge is 0.504 e. The molecule has 0 fully saturated rings. The first-order valence-electron chi connectivity index (χ1n) is 6.43. The van der Waals surface area contributed by atoms with Crippen molar-refractivity contribution in [2.24, 2.45) is 0 Å². The Bertz CT molecular complexity index is 778. The summed E-state index contributed by atoms with van der Waals surface area (Å²) >= 11 is 0. The molecule has 5 heteroatoms. The third kappa shape index (κ3) is 1.87. The second-order valence-corrected chi connectivity index (χ2v) is 4.95. The van der Waals surface area contributed by atoms with Crippen LogP contribution in [0.3, 0.4) is 0 Å². The van der Waals surface area contributed by atoms with Gasteiger partial charge in [-0.15, -0.1) is 0 Å². The normalized spacial score (nSPS) is 11.3. The maximum absolute atomic E-state index is 9.66. The second-order valence-electron chi connectivity index (χ2n) is 4.95. The summed E-state index contributed by atoms with van der Waals surface area (Å²) in [4.78, 5) is 8.96. The lowest BCUT2D eigenvalue weighted by Gasteiger charge is -2.12. The molecule has 0 radical (unpaired) electrons. The van der Waals surface area contributed by atoms with E-state index in [1.54, 1.807) is 12.3 Å². The molecule has 0 spiro atoms. The van der Waals surface area contributed by atoms with E-state index in [-0.39, 0.29) is 17.5 Å². The number of nitrogens with zero attached hydrogens (tertiary/aromatic N) is 3. The van der Waals surface area contributed by atoms with Crippen LogP contribution in [0.1, 0.15) is 19.9 Å². The number of phenols is 2. The highest BCUT2D eigenvalue weighted by atomic mass is 16.3. The molecule has 2 heterocycles. The predicted octanol–water partition coefficient (Wildman–Crippen LogP) is 3.09. The number of phenolic OH excluding ortho intramolecular Hbond substituents is 2. The molecule has 102 valence electrons. The molecular weight excluding hydrogens is 254 g/mol. The molecule has 1 aromatic carbocycles. The Labute approximate surface area is 116 Å². The van der Waals surface area contributed by atoms with Gasteiger partial charge in [0.25, 0.3) is 0 Å². The van der Waals surface area contributed by atoms with Crippen molar-refractivity contribution in [2.45, 2.75) is 19.9 Å². The Kier molecular flexibility index (Phi) is 2.82. The first-order chi connectivity index (χ1) is 9.58. The number of imidazole rings is 1. The third-order valence-electron chi connectivity index (χ3n) is 3.20. The van der Waals surface area contributed by atoms with E-state index in [0.29, 0.717) is 0 Å². The number of rotatable bonds is 2. The molecule has 0 saturated carbocycles. The van der Waals surface area contributed by atoms with E-state index in [0.717, 1.165) is 22.6 Å². The average molecular weight is 269 g/mol. The summed E-state index contributed by atoms with van der Waals surface area (Å²) in [6.07, 6.45) is 1.74. The van der Waals surface area contributed by atoms with Crippen molar-refractivity contribution < 1.29 is 10.2 Å². The molecule has 0 aliphatic rings. The van der Waals surface area contributed by atoms with Gasteiger partial charge in [0.2, 0.25) is 0 Å². The number of hydrogen-bond donors (Lipinski definition) is 2. The van der Waals surface area contributed by atoms with Crippen LogP contribution in [0.2, 0.25) is 0 Å². The maximum atomic E-state index is 9.66. The SMILES string of the molecule is CC(C)n1c(-c2ccc(O)c(O)c2)nc2cccnc21. The molecule has 3 aromatic rings. The molecular formula is C15H15N3O2. The second kappa shape index (κ2) is 4.52. The van der Waals surface area contributed by atoms with Crippen molar-refractivity contribution in [1.82, 2.24) is 14.5 Å².